The van der Waals surface area contributed by atoms with Gasteiger partial charge in [-0.15, -0.1) is 0 Å². The molecule has 1 aromatic carbocycles. The highest BCUT2D eigenvalue weighted by molar-refractivity contribution is 5.80. The summed E-state index contributed by atoms with van der Waals surface area (Å²) in [6.07, 6.45) is -1.01. The number of hydrogen-bond donors (Lipinski definition) is 1. The molecular formula is C17H21F3O4. The van der Waals surface area contributed by atoms with Crippen molar-refractivity contribution in [1.82, 2.24) is 0 Å². The van der Waals surface area contributed by atoms with Crippen LogP contribution >= 0.6 is 0 Å². The Kier molecular flexibility index (Phi) is 6.23. The summed E-state index contributed by atoms with van der Waals surface area (Å²) >= 11 is 0. The van der Waals surface area contributed by atoms with E-state index in [2.05, 4.69) is 0 Å². The monoisotopic (exact) mass is 346 g/mol. The molecule has 0 spiro atoms. The van der Waals surface area contributed by atoms with E-state index in [0.717, 1.165) is 31.4 Å². The maximum absolute atomic E-state index is 12.6. The first-order valence-corrected chi connectivity index (χ1v) is 7.95. The van der Waals surface area contributed by atoms with E-state index in [1.54, 1.807) is 6.07 Å². The van der Waals surface area contributed by atoms with Crippen LogP contribution in [0.1, 0.15) is 36.8 Å². The summed E-state index contributed by atoms with van der Waals surface area (Å²) in [5, 5.41) is 8.93. The molecule has 1 unspecified atom stereocenters. The Labute approximate surface area is 138 Å². The average Bonchev–Trinajstić information content (AvgIpc) is 3.31. The number of aliphatic carboxylic acids is 1. The van der Waals surface area contributed by atoms with E-state index >= 15 is 0 Å². The highest BCUT2D eigenvalue weighted by Crippen LogP contribution is 2.33. The first-order chi connectivity index (χ1) is 11.3. The molecule has 0 bridgehead atoms. The average molecular weight is 346 g/mol. The molecule has 1 heterocycles. The van der Waals surface area contributed by atoms with Gasteiger partial charge in [0.2, 0.25) is 0 Å². The van der Waals surface area contributed by atoms with E-state index < -0.39 is 23.3 Å². The molecule has 2 rings (SSSR count). The number of carboxylic acid groups (broad SMARTS) is 1. The molecular weight excluding hydrogens is 325 g/mol. The van der Waals surface area contributed by atoms with Crippen molar-refractivity contribution in [2.75, 3.05) is 19.8 Å². The molecule has 1 fully saturated rings. The molecule has 1 aromatic rings. The van der Waals surface area contributed by atoms with Gasteiger partial charge in [-0.2, -0.15) is 13.2 Å². The number of rotatable bonds is 10. The van der Waals surface area contributed by atoms with Gasteiger partial charge in [-0.3, -0.25) is 0 Å². The zero-order valence-corrected chi connectivity index (χ0v) is 13.3. The molecule has 1 saturated heterocycles. The molecule has 1 N–H and O–H groups in total. The highest BCUT2D eigenvalue weighted by Gasteiger charge is 2.51. The van der Waals surface area contributed by atoms with Gasteiger partial charge in [-0.1, -0.05) is 24.6 Å². The highest BCUT2D eigenvalue weighted by atomic mass is 19.4. The standard InChI is InChI=1S/C17H21F3O4/c18-17(19,20)14-6-4-5-13(11-14)7-10-23-9-3-1-2-8-16(12-24-16)15(21)22/h4-6,11H,1-3,7-10,12H2,(H,21,22). The lowest BCUT2D eigenvalue weighted by Crippen LogP contribution is -2.23. The number of epoxide rings is 1. The maximum Gasteiger partial charge on any atom is 0.416 e. The SMILES string of the molecule is O=C(O)C1(CCCCCOCCc2cccc(C(F)(F)F)c2)CO1. The Bertz CT molecular complexity index is 553. The van der Waals surface area contributed by atoms with Crippen molar-refractivity contribution in [3.8, 4) is 0 Å². The zero-order valence-electron chi connectivity index (χ0n) is 13.3. The third-order valence-electron chi connectivity index (χ3n) is 4.04. The molecule has 0 amide bonds. The number of alkyl halides is 3. The lowest BCUT2D eigenvalue weighted by molar-refractivity contribution is -0.143. The number of benzene rings is 1. The van der Waals surface area contributed by atoms with Gasteiger partial charge >= 0.3 is 12.1 Å². The van der Waals surface area contributed by atoms with Crippen LogP contribution in [0, 0.1) is 0 Å². The van der Waals surface area contributed by atoms with E-state index in [9.17, 15) is 18.0 Å². The number of ether oxygens (including phenoxy) is 2. The molecule has 1 aliphatic rings. The Morgan fingerprint density at radius 2 is 2.00 bits per heavy atom. The maximum atomic E-state index is 12.6. The molecule has 4 nitrogen and oxygen atoms in total. The summed E-state index contributed by atoms with van der Waals surface area (Å²) in [5.41, 5.74) is -1.00. The topological polar surface area (TPSA) is 59.1 Å². The fraction of sp³-hybridized carbons (Fsp3) is 0.588. The predicted molar refractivity (Wildman–Crippen MR) is 80.8 cm³/mol. The summed E-state index contributed by atoms with van der Waals surface area (Å²) < 4.78 is 48.2. The van der Waals surface area contributed by atoms with Crippen LogP contribution in [0.2, 0.25) is 0 Å². The number of halogens is 3. The molecule has 0 aromatic heterocycles. The Morgan fingerprint density at radius 1 is 1.25 bits per heavy atom. The van der Waals surface area contributed by atoms with Crippen LogP contribution < -0.4 is 0 Å². The molecule has 7 heteroatoms. The van der Waals surface area contributed by atoms with Crippen molar-refractivity contribution in [3.63, 3.8) is 0 Å². The second-order valence-electron chi connectivity index (χ2n) is 5.96. The van der Waals surface area contributed by atoms with Crippen molar-refractivity contribution < 1.29 is 32.5 Å². The lowest BCUT2D eigenvalue weighted by Gasteiger charge is -2.09. The smallest absolute Gasteiger partial charge is 0.416 e. The van der Waals surface area contributed by atoms with E-state index in [-0.39, 0.29) is 6.61 Å². The quantitative estimate of drug-likeness (QED) is 0.519. The second kappa shape index (κ2) is 7.98. The van der Waals surface area contributed by atoms with E-state index in [1.807, 2.05) is 0 Å². The van der Waals surface area contributed by atoms with Gasteiger partial charge in [0.1, 0.15) is 0 Å². The van der Waals surface area contributed by atoms with Crippen molar-refractivity contribution in [3.05, 3.63) is 35.4 Å². The van der Waals surface area contributed by atoms with Crippen molar-refractivity contribution >= 4 is 5.97 Å². The normalized spacial score (nSPS) is 20.1. The van der Waals surface area contributed by atoms with Gasteiger partial charge in [-0.25, -0.2) is 4.79 Å². The first-order valence-electron chi connectivity index (χ1n) is 7.95. The lowest BCUT2D eigenvalue weighted by atomic mass is 10.0. The summed E-state index contributed by atoms with van der Waals surface area (Å²) in [6.45, 7) is 1.17. The second-order valence-corrected chi connectivity index (χ2v) is 5.96. The minimum absolute atomic E-state index is 0.288. The molecule has 0 saturated carbocycles. The molecule has 24 heavy (non-hydrogen) atoms. The fourth-order valence-corrected chi connectivity index (χ4v) is 2.45. The summed E-state index contributed by atoms with van der Waals surface area (Å²) in [6, 6.07) is 5.25. The van der Waals surface area contributed by atoms with Crippen molar-refractivity contribution in [2.24, 2.45) is 0 Å². The van der Waals surface area contributed by atoms with Crippen molar-refractivity contribution in [1.29, 1.82) is 0 Å². The summed E-state index contributed by atoms with van der Waals surface area (Å²) in [7, 11) is 0. The number of hydrogen-bond acceptors (Lipinski definition) is 3. The molecule has 0 radical (unpaired) electrons. The predicted octanol–water partition coefficient (Wildman–Crippen LogP) is 3.68. The van der Waals surface area contributed by atoms with Crippen LogP contribution in [0.4, 0.5) is 13.2 Å². The van der Waals surface area contributed by atoms with Gasteiger partial charge in [-0.05, 0) is 37.3 Å². The van der Waals surface area contributed by atoms with Crippen LogP contribution in [0.5, 0.6) is 0 Å². The van der Waals surface area contributed by atoms with Gasteiger partial charge in [0.25, 0.3) is 0 Å². The van der Waals surface area contributed by atoms with Gasteiger partial charge < -0.3 is 14.6 Å². The van der Waals surface area contributed by atoms with Crippen LogP contribution in [0.15, 0.2) is 24.3 Å². The van der Waals surface area contributed by atoms with E-state index in [1.165, 1.54) is 6.07 Å². The largest absolute Gasteiger partial charge is 0.479 e. The molecule has 134 valence electrons. The van der Waals surface area contributed by atoms with Gasteiger partial charge in [0, 0.05) is 6.61 Å². The number of unbranched alkanes of at least 4 members (excludes halogenated alkanes) is 2. The van der Waals surface area contributed by atoms with Crippen LogP contribution in [-0.4, -0.2) is 36.5 Å². The minimum Gasteiger partial charge on any atom is -0.479 e. The van der Waals surface area contributed by atoms with E-state index in [4.69, 9.17) is 14.6 Å². The third kappa shape index (κ3) is 5.49. The van der Waals surface area contributed by atoms with Crippen LogP contribution in [0.3, 0.4) is 0 Å². The van der Waals surface area contributed by atoms with Crippen LogP contribution in [-0.2, 0) is 26.9 Å². The van der Waals surface area contributed by atoms with E-state index in [0.29, 0.717) is 31.6 Å². The summed E-state index contributed by atoms with van der Waals surface area (Å²) in [4.78, 5) is 10.9. The minimum atomic E-state index is -4.32. The van der Waals surface area contributed by atoms with Crippen molar-refractivity contribution in [2.45, 2.75) is 43.9 Å². The van der Waals surface area contributed by atoms with Crippen LogP contribution in [0.25, 0.3) is 0 Å². The Hall–Kier alpha value is -1.60. The Morgan fingerprint density at radius 3 is 2.62 bits per heavy atom. The number of carboxylic acids is 1. The first kappa shape index (κ1) is 18.7. The summed E-state index contributed by atoms with van der Waals surface area (Å²) in [5.74, 6) is -0.903. The van der Waals surface area contributed by atoms with Gasteiger partial charge in [0.05, 0.1) is 18.8 Å². The molecule has 0 aliphatic carbocycles. The fourth-order valence-electron chi connectivity index (χ4n) is 2.45. The third-order valence-corrected chi connectivity index (χ3v) is 4.04. The molecule has 1 aliphatic heterocycles. The zero-order chi connectivity index (χ0) is 17.6. The van der Waals surface area contributed by atoms with Gasteiger partial charge in [0.15, 0.2) is 5.60 Å². The number of carbonyl (C=O) groups is 1. The Balaban J connectivity index is 1.55. The molecule has 1 atom stereocenters.